The number of nitrogens with zero attached hydrogens (tertiary/aromatic N) is 1. The summed E-state index contributed by atoms with van der Waals surface area (Å²) in [4.78, 5) is 24.4. The van der Waals surface area contributed by atoms with E-state index >= 15 is 0 Å². The van der Waals surface area contributed by atoms with Gasteiger partial charge in [0.2, 0.25) is 11.8 Å². The Bertz CT molecular complexity index is 483. The van der Waals surface area contributed by atoms with Crippen molar-refractivity contribution < 1.29 is 9.59 Å². The number of nitrogen functional groups attached to an aromatic ring is 1. The van der Waals surface area contributed by atoms with E-state index in [2.05, 4.69) is 5.32 Å². The monoisotopic (exact) mass is 261 g/mol. The molecule has 0 fully saturated rings. The highest BCUT2D eigenvalue weighted by Gasteiger charge is 2.06. The lowest BCUT2D eigenvalue weighted by molar-refractivity contribution is -0.126. The van der Waals surface area contributed by atoms with Crippen molar-refractivity contribution in [3.63, 3.8) is 0 Å². The van der Waals surface area contributed by atoms with Gasteiger partial charge in [0.1, 0.15) is 0 Å². The van der Waals surface area contributed by atoms with Crippen LogP contribution in [0.1, 0.15) is 12.0 Å². The average molecular weight is 261 g/mol. The molecule has 102 valence electrons. The van der Waals surface area contributed by atoms with Crippen molar-refractivity contribution in [3.8, 4) is 0 Å². The number of amides is 2. The quantitative estimate of drug-likeness (QED) is 0.610. The largest absolute Gasteiger partial charge is 0.399 e. The van der Waals surface area contributed by atoms with Gasteiger partial charge in [-0.25, -0.2) is 0 Å². The molecular formula is C14H19N3O2. The van der Waals surface area contributed by atoms with Crippen molar-refractivity contribution in [2.75, 3.05) is 26.4 Å². The van der Waals surface area contributed by atoms with E-state index < -0.39 is 0 Å². The fourth-order valence-corrected chi connectivity index (χ4v) is 1.46. The minimum absolute atomic E-state index is 0.0838. The van der Waals surface area contributed by atoms with Crippen molar-refractivity contribution >= 4 is 23.6 Å². The molecule has 0 unspecified atom stereocenters. The van der Waals surface area contributed by atoms with E-state index in [4.69, 9.17) is 5.73 Å². The number of benzene rings is 1. The molecule has 0 aromatic heterocycles. The van der Waals surface area contributed by atoms with Crippen LogP contribution in [0, 0.1) is 0 Å². The molecule has 5 nitrogen and oxygen atoms in total. The minimum Gasteiger partial charge on any atom is -0.399 e. The van der Waals surface area contributed by atoms with E-state index in [0.717, 1.165) is 5.56 Å². The summed E-state index contributed by atoms with van der Waals surface area (Å²) in [5.74, 6) is -0.231. The summed E-state index contributed by atoms with van der Waals surface area (Å²) in [6, 6.07) is 7.27. The van der Waals surface area contributed by atoms with Gasteiger partial charge in [-0.3, -0.25) is 9.59 Å². The molecule has 1 aromatic carbocycles. The van der Waals surface area contributed by atoms with Crippen LogP contribution in [0.2, 0.25) is 0 Å². The fourth-order valence-electron chi connectivity index (χ4n) is 1.46. The Labute approximate surface area is 113 Å². The molecule has 0 radical (unpaired) electrons. The summed E-state index contributed by atoms with van der Waals surface area (Å²) in [6.07, 6.45) is 3.47. The maximum Gasteiger partial charge on any atom is 0.246 e. The van der Waals surface area contributed by atoms with Crippen molar-refractivity contribution in [1.29, 1.82) is 0 Å². The first-order chi connectivity index (χ1) is 9.02. The maximum absolute atomic E-state index is 11.8. The molecule has 0 saturated heterocycles. The van der Waals surface area contributed by atoms with Gasteiger partial charge < -0.3 is 16.0 Å². The highest BCUT2D eigenvalue weighted by molar-refractivity contribution is 5.92. The molecule has 0 bridgehead atoms. The smallest absolute Gasteiger partial charge is 0.246 e. The number of nitrogens with two attached hydrogens (primary N) is 1. The number of carbonyl (C=O) groups is 2. The summed E-state index contributed by atoms with van der Waals surface area (Å²) in [6.45, 7) is 0.389. The lowest BCUT2D eigenvalue weighted by Crippen LogP contribution is -2.30. The number of hydrogen-bond acceptors (Lipinski definition) is 3. The maximum atomic E-state index is 11.8. The van der Waals surface area contributed by atoms with Crippen LogP contribution in [0.25, 0.3) is 6.08 Å². The number of hydrogen-bond donors (Lipinski definition) is 2. The zero-order valence-corrected chi connectivity index (χ0v) is 11.2. The van der Waals surface area contributed by atoms with E-state index in [1.54, 1.807) is 32.3 Å². The highest BCUT2D eigenvalue weighted by Crippen LogP contribution is 2.08. The normalized spacial score (nSPS) is 10.4. The van der Waals surface area contributed by atoms with E-state index in [-0.39, 0.29) is 11.8 Å². The molecule has 0 heterocycles. The van der Waals surface area contributed by atoms with Gasteiger partial charge in [-0.15, -0.1) is 0 Å². The number of nitrogens with one attached hydrogen (secondary N) is 1. The van der Waals surface area contributed by atoms with Crippen molar-refractivity contribution in [2.24, 2.45) is 0 Å². The van der Waals surface area contributed by atoms with Crippen LogP contribution in [0.4, 0.5) is 5.69 Å². The van der Waals surface area contributed by atoms with Crippen molar-refractivity contribution in [2.45, 2.75) is 6.42 Å². The van der Waals surface area contributed by atoms with Gasteiger partial charge in [0.25, 0.3) is 0 Å². The van der Waals surface area contributed by atoms with Crippen LogP contribution in [0.3, 0.4) is 0 Å². The number of rotatable bonds is 5. The van der Waals surface area contributed by atoms with Gasteiger partial charge in [-0.1, -0.05) is 12.1 Å². The van der Waals surface area contributed by atoms with Gasteiger partial charge in [0.05, 0.1) is 0 Å². The van der Waals surface area contributed by atoms with Gasteiger partial charge in [0, 0.05) is 38.8 Å². The van der Waals surface area contributed by atoms with Crippen molar-refractivity contribution in [1.82, 2.24) is 10.2 Å². The molecular weight excluding hydrogens is 242 g/mol. The lowest BCUT2D eigenvalue weighted by Gasteiger charge is -2.14. The molecule has 19 heavy (non-hydrogen) atoms. The molecule has 3 N–H and O–H groups in total. The summed E-state index contributed by atoms with van der Waals surface area (Å²) in [7, 11) is 3.23. The second-order valence-electron chi connectivity index (χ2n) is 4.19. The molecule has 0 aliphatic rings. The van der Waals surface area contributed by atoms with Crippen molar-refractivity contribution in [3.05, 3.63) is 35.9 Å². The number of anilines is 1. The number of carbonyl (C=O) groups excluding carboxylic acids is 2. The predicted octanol–water partition coefficient (Wildman–Crippen LogP) is 0.876. The second kappa shape index (κ2) is 7.20. The summed E-state index contributed by atoms with van der Waals surface area (Å²) in [5.41, 5.74) is 7.17. The highest BCUT2D eigenvalue weighted by atomic mass is 16.2. The molecule has 2 amide bonds. The predicted molar refractivity (Wildman–Crippen MR) is 76.2 cm³/mol. The third-order valence-electron chi connectivity index (χ3n) is 2.66. The topological polar surface area (TPSA) is 75.4 Å². The Kier molecular flexibility index (Phi) is 5.60. The molecule has 0 saturated carbocycles. The molecule has 0 spiro atoms. The summed E-state index contributed by atoms with van der Waals surface area (Å²) in [5, 5.41) is 2.51. The standard InChI is InChI=1S/C14H19N3O2/c1-16-13(18)8-9-17(2)14(19)7-6-11-4-3-5-12(15)10-11/h3-7,10H,8-9,15H2,1-2H3,(H,16,18)/b7-6+. The minimum atomic E-state index is -0.147. The molecule has 1 aromatic rings. The van der Waals surface area contributed by atoms with E-state index in [1.165, 1.54) is 11.0 Å². The Hall–Kier alpha value is -2.30. The Morgan fingerprint density at radius 3 is 2.79 bits per heavy atom. The van der Waals surface area contributed by atoms with Crippen LogP contribution in [0.5, 0.6) is 0 Å². The summed E-state index contributed by atoms with van der Waals surface area (Å²) >= 11 is 0. The Morgan fingerprint density at radius 2 is 2.16 bits per heavy atom. The van der Waals surface area contributed by atoms with Gasteiger partial charge in [-0.2, -0.15) is 0 Å². The molecule has 0 aliphatic heterocycles. The van der Waals surface area contributed by atoms with E-state index in [0.29, 0.717) is 18.7 Å². The van der Waals surface area contributed by atoms with Gasteiger partial charge >= 0.3 is 0 Å². The first-order valence-electron chi connectivity index (χ1n) is 6.02. The number of likely N-dealkylation sites (N-methyl/N-ethyl adjacent to an activating group) is 1. The van der Waals surface area contributed by atoms with Crippen LogP contribution < -0.4 is 11.1 Å². The molecule has 5 heteroatoms. The Morgan fingerprint density at radius 1 is 1.42 bits per heavy atom. The molecule has 1 rings (SSSR count). The zero-order chi connectivity index (χ0) is 14.3. The molecule has 0 atom stereocenters. The first kappa shape index (κ1) is 14.8. The Balaban J connectivity index is 2.52. The third kappa shape index (κ3) is 5.25. The lowest BCUT2D eigenvalue weighted by atomic mass is 10.2. The van der Waals surface area contributed by atoms with Crippen LogP contribution in [-0.4, -0.2) is 37.4 Å². The van der Waals surface area contributed by atoms with Crippen LogP contribution >= 0.6 is 0 Å². The third-order valence-corrected chi connectivity index (χ3v) is 2.66. The van der Waals surface area contributed by atoms with E-state index in [9.17, 15) is 9.59 Å². The average Bonchev–Trinajstić information content (AvgIpc) is 2.41. The van der Waals surface area contributed by atoms with Gasteiger partial charge in [0.15, 0.2) is 0 Å². The first-order valence-corrected chi connectivity index (χ1v) is 6.02. The van der Waals surface area contributed by atoms with E-state index in [1.807, 2.05) is 12.1 Å². The summed E-state index contributed by atoms with van der Waals surface area (Å²) < 4.78 is 0. The van der Waals surface area contributed by atoms with Gasteiger partial charge in [-0.05, 0) is 23.8 Å². The SMILES string of the molecule is CNC(=O)CCN(C)C(=O)/C=C/c1cccc(N)c1. The zero-order valence-electron chi connectivity index (χ0n) is 11.2. The van der Waals surface area contributed by atoms with Crippen LogP contribution in [0.15, 0.2) is 30.3 Å². The fraction of sp³-hybridized carbons (Fsp3) is 0.286. The second-order valence-corrected chi connectivity index (χ2v) is 4.19. The van der Waals surface area contributed by atoms with Crippen LogP contribution in [-0.2, 0) is 9.59 Å². The molecule has 0 aliphatic carbocycles.